The molecule has 3 aromatic rings. The van der Waals surface area contributed by atoms with Crippen molar-refractivity contribution < 1.29 is 19.8 Å². The number of pyridine rings is 2. The van der Waals surface area contributed by atoms with Crippen molar-refractivity contribution >= 4 is 11.9 Å². The van der Waals surface area contributed by atoms with Gasteiger partial charge in [-0.05, 0) is 30.3 Å². The quantitative estimate of drug-likeness (QED) is 0.746. The lowest BCUT2D eigenvalue weighted by Gasteiger charge is -2.06. The fourth-order valence-electron chi connectivity index (χ4n) is 2.03. The van der Waals surface area contributed by atoms with E-state index in [0.717, 1.165) is 0 Å². The molecule has 0 atom stereocenters. The van der Waals surface area contributed by atoms with E-state index in [0.29, 0.717) is 0 Å². The second-order valence-electron chi connectivity index (χ2n) is 4.74. The SMILES string of the molecule is O=C(O)c1ccnc(-c2cc(C(=O)O)cc(-c3ncccn3)n2)c1. The summed E-state index contributed by atoms with van der Waals surface area (Å²) < 4.78 is 0. The molecule has 0 aliphatic rings. The van der Waals surface area contributed by atoms with Crippen molar-refractivity contribution in [1.82, 2.24) is 19.9 Å². The first-order chi connectivity index (χ1) is 11.5. The van der Waals surface area contributed by atoms with Crippen LogP contribution < -0.4 is 0 Å². The minimum absolute atomic E-state index is 0.0232. The highest BCUT2D eigenvalue weighted by Crippen LogP contribution is 2.22. The number of carbonyl (C=O) groups is 2. The number of hydrogen-bond acceptors (Lipinski definition) is 6. The molecule has 0 radical (unpaired) electrons. The summed E-state index contributed by atoms with van der Waals surface area (Å²) in [5, 5.41) is 18.4. The highest BCUT2D eigenvalue weighted by molar-refractivity contribution is 5.91. The van der Waals surface area contributed by atoms with Crippen LogP contribution in [0, 0.1) is 0 Å². The number of carboxylic acid groups (broad SMARTS) is 2. The van der Waals surface area contributed by atoms with Crippen LogP contribution in [0.2, 0.25) is 0 Å². The molecule has 118 valence electrons. The van der Waals surface area contributed by atoms with Crippen molar-refractivity contribution in [2.24, 2.45) is 0 Å². The van der Waals surface area contributed by atoms with E-state index in [2.05, 4.69) is 19.9 Å². The van der Waals surface area contributed by atoms with E-state index >= 15 is 0 Å². The highest BCUT2D eigenvalue weighted by atomic mass is 16.4. The Morgan fingerprint density at radius 2 is 1.38 bits per heavy atom. The summed E-state index contributed by atoms with van der Waals surface area (Å²) in [7, 11) is 0. The van der Waals surface area contributed by atoms with Gasteiger partial charge in [0.15, 0.2) is 5.82 Å². The summed E-state index contributed by atoms with van der Waals surface area (Å²) in [4.78, 5) is 38.9. The Morgan fingerprint density at radius 1 is 0.750 bits per heavy atom. The molecule has 8 heteroatoms. The van der Waals surface area contributed by atoms with Crippen molar-refractivity contribution in [2.75, 3.05) is 0 Å². The van der Waals surface area contributed by atoms with Gasteiger partial charge in [-0.2, -0.15) is 0 Å². The minimum atomic E-state index is -1.15. The molecule has 3 rings (SSSR count). The number of nitrogens with zero attached hydrogens (tertiary/aromatic N) is 4. The Morgan fingerprint density at radius 3 is 2.04 bits per heavy atom. The smallest absolute Gasteiger partial charge is 0.335 e. The molecule has 0 saturated carbocycles. The average Bonchev–Trinajstić information content (AvgIpc) is 2.62. The zero-order chi connectivity index (χ0) is 17.1. The van der Waals surface area contributed by atoms with Crippen LogP contribution in [-0.4, -0.2) is 42.1 Å². The molecule has 0 bridgehead atoms. The third-order valence-corrected chi connectivity index (χ3v) is 3.14. The monoisotopic (exact) mass is 322 g/mol. The fraction of sp³-hybridized carbons (Fsp3) is 0. The van der Waals surface area contributed by atoms with Gasteiger partial charge in [0.2, 0.25) is 0 Å². The number of rotatable bonds is 4. The Labute approximate surface area is 135 Å². The lowest BCUT2D eigenvalue weighted by molar-refractivity contribution is 0.0686. The first-order valence-corrected chi connectivity index (χ1v) is 6.77. The summed E-state index contributed by atoms with van der Waals surface area (Å²) in [5.41, 5.74) is 0.730. The van der Waals surface area contributed by atoms with E-state index in [9.17, 15) is 14.7 Å². The zero-order valence-electron chi connectivity index (χ0n) is 12.1. The van der Waals surface area contributed by atoms with Crippen LogP contribution in [0.25, 0.3) is 22.9 Å². The largest absolute Gasteiger partial charge is 0.478 e. The van der Waals surface area contributed by atoms with Gasteiger partial charge in [-0.15, -0.1) is 0 Å². The lowest BCUT2D eigenvalue weighted by Crippen LogP contribution is -2.03. The summed E-state index contributed by atoms with van der Waals surface area (Å²) in [6.45, 7) is 0. The minimum Gasteiger partial charge on any atom is -0.478 e. The Bertz CT molecular complexity index is 928. The molecule has 0 aromatic carbocycles. The molecule has 0 saturated heterocycles. The van der Waals surface area contributed by atoms with Crippen molar-refractivity contribution in [3.8, 4) is 22.9 Å². The van der Waals surface area contributed by atoms with Crippen LogP contribution in [0.1, 0.15) is 20.7 Å². The molecular formula is C16H10N4O4. The van der Waals surface area contributed by atoms with Gasteiger partial charge in [0.1, 0.15) is 5.69 Å². The van der Waals surface area contributed by atoms with E-state index in [1.807, 2.05) is 0 Å². The van der Waals surface area contributed by atoms with E-state index < -0.39 is 11.9 Å². The fourth-order valence-corrected chi connectivity index (χ4v) is 2.03. The zero-order valence-corrected chi connectivity index (χ0v) is 12.1. The van der Waals surface area contributed by atoms with Crippen LogP contribution in [0.4, 0.5) is 0 Å². The predicted octanol–water partition coefficient (Wildman–Crippen LogP) is 2.00. The second-order valence-corrected chi connectivity index (χ2v) is 4.74. The number of aromatic nitrogens is 4. The van der Waals surface area contributed by atoms with Crippen molar-refractivity contribution in [3.63, 3.8) is 0 Å². The summed E-state index contributed by atoms with van der Waals surface area (Å²) in [6.07, 6.45) is 4.35. The summed E-state index contributed by atoms with van der Waals surface area (Å²) in [6, 6.07) is 6.97. The number of hydrogen-bond donors (Lipinski definition) is 2. The van der Waals surface area contributed by atoms with Crippen molar-refractivity contribution in [3.05, 3.63) is 60.0 Å². The molecule has 3 heterocycles. The summed E-state index contributed by atoms with van der Waals surface area (Å²) in [5.74, 6) is -2.00. The first kappa shape index (κ1) is 15.2. The Kier molecular flexibility index (Phi) is 3.94. The molecule has 24 heavy (non-hydrogen) atoms. The third-order valence-electron chi connectivity index (χ3n) is 3.14. The van der Waals surface area contributed by atoms with Crippen LogP contribution in [-0.2, 0) is 0 Å². The van der Waals surface area contributed by atoms with Crippen LogP contribution >= 0.6 is 0 Å². The van der Waals surface area contributed by atoms with Gasteiger partial charge in [-0.3, -0.25) is 4.98 Å². The second kappa shape index (κ2) is 6.21. The Balaban J connectivity index is 2.17. The van der Waals surface area contributed by atoms with Crippen molar-refractivity contribution in [2.45, 2.75) is 0 Å². The maximum absolute atomic E-state index is 11.4. The maximum Gasteiger partial charge on any atom is 0.335 e. The molecule has 0 unspecified atom stereocenters. The molecule has 2 N–H and O–H groups in total. The third kappa shape index (κ3) is 3.07. The van der Waals surface area contributed by atoms with Crippen molar-refractivity contribution in [1.29, 1.82) is 0 Å². The Hall–Kier alpha value is -3.68. The standard InChI is InChI=1S/C16H10N4O4/c21-15(22)9-2-5-17-11(6-9)12-7-10(16(23)24)8-13(20-12)14-18-3-1-4-19-14/h1-8H,(H,21,22)(H,23,24). The molecule has 0 aliphatic carbocycles. The predicted molar refractivity (Wildman–Crippen MR) is 82.4 cm³/mol. The molecule has 0 fully saturated rings. The van der Waals surface area contributed by atoms with Gasteiger partial charge < -0.3 is 10.2 Å². The van der Waals surface area contributed by atoms with Gasteiger partial charge in [0, 0.05) is 18.6 Å². The number of carboxylic acids is 2. The number of aromatic carboxylic acids is 2. The normalized spacial score (nSPS) is 10.3. The van der Waals surface area contributed by atoms with Gasteiger partial charge >= 0.3 is 11.9 Å². The van der Waals surface area contributed by atoms with Gasteiger partial charge in [0.25, 0.3) is 0 Å². The molecule has 0 aliphatic heterocycles. The topological polar surface area (TPSA) is 126 Å². The highest BCUT2D eigenvalue weighted by Gasteiger charge is 2.14. The van der Waals surface area contributed by atoms with Gasteiger partial charge in [0.05, 0.1) is 22.5 Å². The van der Waals surface area contributed by atoms with Gasteiger partial charge in [-0.25, -0.2) is 24.5 Å². The van der Waals surface area contributed by atoms with E-state index in [1.165, 1.54) is 42.9 Å². The summed E-state index contributed by atoms with van der Waals surface area (Å²) >= 11 is 0. The molecule has 0 amide bonds. The average molecular weight is 322 g/mol. The van der Waals surface area contributed by atoms with E-state index in [4.69, 9.17) is 5.11 Å². The molecule has 0 spiro atoms. The van der Waals surface area contributed by atoms with Crippen LogP contribution in [0.3, 0.4) is 0 Å². The van der Waals surface area contributed by atoms with Gasteiger partial charge in [-0.1, -0.05) is 0 Å². The molecule has 3 aromatic heterocycles. The molecular weight excluding hydrogens is 312 g/mol. The van der Waals surface area contributed by atoms with Crippen LogP contribution in [0.15, 0.2) is 48.9 Å². The maximum atomic E-state index is 11.4. The lowest BCUT2D eigenvalue weighted by atomic mass is 10.1. The van der Waals surface area contributed by atoms with Crippen LogP contribution in [0.5, 0.6) is 0 Å². The van der Waals surface area contributed by atoms with E-state index in [-0.39, 0.29) is 34.0 Å². The molecule has 8 nitrogen and oxygen atoms in total. The van der Waals surface area contributed by atoms with E-state index in [1.54, 1.807) is 6.07 Å². The first-order valence-electron chi connectivity index (χ1n) is 6.77.